The topological polar surface area (TPSA) is 76.0 Å². The van der Waals surface area contributed by atoms with Gasteiger partial charge < -0.3 is 24.5 Å². The van der Waals surface area contributed by atoms with Gasteiger partial charge in [-0.2, -0.15) is 0 Å². The van der Waals surface area contributed by atoms with Crippen molar-refractivity contribution in [3.05, 3.63) is 23.8 Å². The number of methoxy groups -OCH3 is 2. The molecule has 0 spiro atoms. The second-order valence-corrected chi connectivity index (χ2v) is 3.19. The number of aliphatic hydroxyl groups is 2. The average molecular weight is 226 g/mol. The molecule has 2 unspecified atom stereocenters. The van der Waals surface area contributed by atoms with E-state index >= 15 is 0 Å². The van der Waals surface area contributed by atoms with Gasteiger partial charge in [0.15, 0.2) is 17.8 Å². The summed E-state index contributed by atoms with van der Waals surface area (Å²) >= 11 is 0. The van der Waals surface area contributed by atoms with Gasteiger partial charge in [0.05, 0.1) is 14.2 Å². The summed E-state index contributed by atoms with van der Waals surface area (Å²) in [5, 5.41) is 18.8. The number of aldehydes is 1. The van der Waals surface area contributed by atoms with Crippen molar-refractivity contribution in [2.24, 2.45) is 0 Å². The molecule has 88 valence electrons. The van der Waals surface area contributed by atoms with Crippen LogP contribution in [0.4, 0.5) is 0 Å². The van der Waals surface area contributed by atoms with Crippen LogP contribution in [0.1, 0.15) is 11.7 Å². The van der Waals surface area contributed by atoms with E-state index in [0.717, 1.165) is 0 Å². The normalized spacial score (nSPS) is 14.0. The lowest BCUT2D eigenvalue weighted by molar-refractivity contribution is -0.120. The first-order valence-electron chi connectivity index (χ1n) is 4.67. The Morgan fingerprint density at radius 2 is 1.81 bits per heavy atom. The molecule has 1 aromatic carbocycles. The number of carbonyl (C=O) groups is 1. The maximum absolute atomic E-state index is 10.3. The average Bonchev–Trinajstić information content (AvgIpc) is 2.35. The van der Waals surface area contributed by atoms with Crippen LogP contribution < -0.4 is 9.47 Å². The molecule has 0 heterocycles. The molecule has 16 heavy (non-hydrogen) atoms. The van der Waals surface area contributed by atoms with Crippen LogP contribution in [0.2, 0.25) is 0 Å². The third-order valence-corrected chi connectivity index (χ3v) is 2.21. The second-order valence-electron chi connectivity index (χ2n) is 3.19. The number of aliphatic hydroxyl groups excluding tert-OH is 2. The zero-order valence-corrected chi connectivity index (χ0v) is 9.08. The Labute approximate surface area is 93.2 Å². The molecule has 5 nitrogen and oxygen atoms in total. The van der Waals surface area contributed by atoms with Crippen LogP contribution >= 0.6 is 0 Å². The summed E-state index contributed by atoms with van der Waals surface area (Å²) in [5.74, 6) is 0.941. The Kier molecular flexibility index (Phi) is 4.28. The molecule has 1 aromatic rings. The lowest BCUT2D eigenvalue weighted by atomic mass is 10.0. The minimum atomic E-state index is -1.45. The van der Waals surface area contributed by atoms with E-state index in [4.69, 9.17) is 9.47 Å². The van der Waals surface area contributed by atoms with Crippen molar-refractivity contribution < 1.29 is 24.5 Å². The van der Waals surface area contributed by atoms with Gasteiger partial charge >= 0.3 is 0 Å². The first-order chi connectivity index (χ1) is 7.63. The molecule has 0 saturated heterocycles. The van der Waals surface area contributed by atoms with Gasteiger partial charge in [-0.15, -0.1) is 0 Å². The zero-order valence-electron chi connectivity index (χ0n) is 9.08. The summed E-state index contributed by atoms with van der Waals surface area (Å²) in [6.45, 7) is 0. The summed E-state index contributed by atoms with van der Waals surface area (Å²) in [6.07, 6.45) is -2.43. The van der Waals surface area contributed by atoms with Crippen LogP contribution in [-0.4, -0.2) is 36.8 Å². The summed E-state index contributed by atoms with van der Waals surface area (Å²) < 4.78 is 10.1. The van der Waals surface area contributed by atoms with Crippen molar-refractivity contribution in [3.63, 3.8) is 0 Å². The third-order valence-electron chi connectivity index (χ3n) is 2.21. The van der Waals surface area contributed by atoms with E-state index in [1.54, 1.807) is 12.1 Å². The minimum absolute atomic E-state index is 0.279. The standard InChI is InChI=1S/C11H14O5/c1-15-9-4-3-7(5-10(9)16-2)11(14)8(13)6-12/h3-6,8,11,13-14H,1-2H3. The highest BCUT2D eigenvalue weighted by molar-refractivity contribution is 5.58. The molecule has 0 aliphatic heterocycles. The van der Waals surface area contributed by atoms with Crippen LogP contribution in [0, 0.1) is 0 Å². The molecule has 0 aliphatic rings. The first kappa shape index (κ1) is 12.5. The smallest absolute Gasteiger partial charge is 0.161 e. The molecule has 0 radical (unpaired) electrons. The summed E-state index contributed by atoms with van der Waals surface area (Å²) in [5.41, 5.74) is 0.386. The summed E-state index contributed by atoms with van der Waals surface area (Å²) in [6, 6.07) is 4.66. The summed E-state index contributed by atoms with van der Waals surface area (Å²) in [4.78, 5) is 10.3. The lowest BCUT2D eigenvalue weighted by Crippen LogP contribution is -2.19. The number of rotatable bonds is 5. The molecule has 0 saturated carbocycles. The van der Waals surface area contributed by atoms with Crippen molar-refractivity contribution in [2.75, 3.05) is 14.2 Å². The third kappa shape index (κ3) is 2.50. The Morgan fingerprint density at radius 3 is 2.31 bits per heavy atom. The molecule has 2 N–H and O–H groups in total. The number of ether oxygens (including phenoxy) is 2. The first-order valence-corrected chi connectivity index (χ1v) is 4.67. The van der Waals surface area contributed by atoms with Gasteiger partial charge in [-0.3, -0.25) is 0 Å². The van der Waals surface area contributed by atoms with Crippen molar-refractivity contribution in [2.45, 2.75) is 12.2 Å². The minimum Gasteiger partial charge on any atom is -0.493 e. The van der Waals surface area contributed by atoms with E-state index < -0.39 is 12.2 Å². The van der Waals surface area contributed by atoms with E-state index in [-0.39, 0.29) is 6.29 Å². The van der Waals surface area contributed by atoms with Crippen molar-refractivity contribution in [1.82, 2.24) is 0 Å². The van der Waals surface area contributed by atoms with Crippen molar-refractivity contribution in [3.8, 4) is 11.5 Å². The van der Waals surface area contributed by atoms with Gasteiger partial charge in [-0.05, 0) is 17.7 Å². The van der Waals surface area contributed by atoms with Gasteiger partial charge in [-0.1, -0.05) is 6.07 Å². The fraction of sp³-hybridized carbons (Fsp3) is 0.364. The van der Waals surface area contributed by atoms with E-state index in [1.165, 1.54) is 20.3 Å². The monoisotopic (exact) mass is 226 g/mol. The van der Waals surface area contributed by atoms with E-state index in [9.17, 15) is 15.0 Å². The molecule has 0 amide bonds. The van der Waals surface area contributed by atoms with Crippen LogP contribution in [0.3, 0.4) is 0 Å². The molecular formula is C11H14O5. The van der Waals surface area contributed by atoms with E-state index in [0.29, 0.717) is 17.1 Å². The molecule has 0 bridgehead atoms. The van der Waals surface area contributed by atoms with Gasteiger partial charge in [0.25, 0.3) is 0 Å². The molecule has 5 heteroatoms. The molecule has 0 fully saturated rings. The Bertz CT molecular complexity index is 363. The number of carbonyl (C=O) groups excluding carboxylic acids is 1. The fourth-order valence-corrected chi connectivity index (χ4v) is 1.31. The second kappa shape index (κ2) is 5.48. The maximum atomic E-state index is 10.3. The van der Waals surface area contributed by atoms with Crippen LogP contribution in [0.15, 0.2) is 18.2 Å². The van der Waals surface area contributed by atoms with Gasteiger partial charge in [0, 0.05) is 0 Å². The molecule has 2 atom stereocenters. The fourth-order valence-electron chi connectivity index (χ4n) is 1.31. The Hall–Kier alpha value is -1.59. The van der Waals surface area contributed by atoms with Gasteiger partial charge in [-0.25, -0.2) is 0 Å². The predicted octanol–water partition coefficient (Wildman–Crippen LogP) is 0.297. The largest absolute Gasteiger partial charge is 0.493 e. The highest BCUT2D eigenvalue weighted by atomic mass is 16.5. The van der Waals surface area contributed by atoms with Gasteiger partial charge in [0.1, 0.15) is 12.2 Å². The zero-order chi connectivity index (χ0) is 12.1. The lowest BCUT2D eigenvalue weighted by Gasteiger charge is -2.15. The van der Waals surface area contributed by atoms with Crippen LogP contribution in [0.5, 0.6) is 11.5 Å². The summed E-state index contributed by atoms with van der Waals surface area (Å²) in [7, 11) is 2.96. The van der Waals surface area contributed by atoms with Gasteiger partial charge in [0.2, 0.25) is 0 Å². The van der Waals surface area contributed by atoms with Crippen molar-refractivity contribution >= 4 is 6.29 Å². The molecule has 1 rings (SSSR count). The number of hydrogen-bond donors (Lipinski definition) is 2. The Morgan fingerprint density at radius 1 is 1.19 bits per heavy atom. The number of benzene rings is 1. The molecule has 0 aliphatic carbocycles. The quantitative estimate of drug-likeness (QED) is 0.706. The Balaban J connectivity index is 3.02. The highest BCUT2D eigenvalue weighted by Crippen LogP contribution is 2.30. The SMILES string of the molecule is COc1ccc(C(O)C(O)C=O)cc1OC. The van der Waals surface area contributed by atoms with Crippen LogP contribution in [0.25, 0.3) is 0 Å². The molecule has 0 aromatic heterocycles. The van der Waals surface area contributed by atoms with E-state index in [2.05, 4.69) is 0 Å². The highest BCUT2D eigenvalue weighted by Gasteiger charge is 2.19. The molecular weight excluding hydrogens is 212 g/mol. The van der Waals surface area contributed by atoms with E-state index in [1.807, 2.05) is 0 Å². The maximum Gasteiger partial charge on any atom is 0.161 e. The predicted molar refractivity (Wildman–Crippen MR) is 56.6 cm³/mol. The number of hydrogen-bond acceptors (Lipinski definition) is 5. The van der Waals surface area contributed by atoms with Crippen LogP contribution in [-0.2, 0) is 4.79 Å². The van der Waals surface area contributed by atoms with Crippen molar-refractivity contribution in [1.29, 1.82) is 0 Å².